The number of aromatic amines is 1. The summed E-state index contributed by atoms with van der Waals surface area (Å²) in [6.45, 7) is 7.84. The van der Waals surface area contributed by atoms with Crippen molar-refractivity contribution in [1.29, 1.82) is 0 Å². The molecule has 3 aromatic rings. The number of fused-ring (bicyclic) bond motifs is 1. The monoisotopic (exact) mass is 421 g/mol. The highest BCUT2D eigenvalue weighted by Crippen LogP contribution is 2.34. The molecule has 3 heterocycles. The summed E-state index contributed by atoms with van der Waals surface area (Å²) in [4.78, 5) is 21.2. The molecule has 2 aromatic heterocycles. The number of rotatable bonds is 4. The van der Waals surface area contributed by atoms with Gasteiger partial charge in [-0.3, -0.25) is 9.69 Å². The van der Waals surface area contributed by atoms with Crippen molar-refractivity contribution in [3.8, 4) is 0 Å². The zero-order valence-electron chi connectivity index (χ0n) is 18.6. The van der Waals surface area contributed by atoms with Crippen LogP contribution in [-0.2, 0) is 0 Å². The number of likely N-dealkylation sites (N-methyl/N-ethyl adjacent to an activating group) is 1. The van der Waals surface area contributed by atoms with Gasteiger partial charge in [-0.05, 0) is 67.4 Å². The Balaban J connectivity index is 1.66. The summed E-state index contributed by atoms with van der Waals surface area (Å²) in [5.74, 6) is 0.797. The number of pyridine rings is 1. The molecule has 0 unspecified atom stereocenters. The van der Waals surface area contributed by atoms with Crippen molar-refractivity contribution in [2.75, 3.05) is 33.2 Å². The van der Waals surface area contributed by atoms with Gasteiger partial charge in [0.25, 0.3) is 5.56 Å². The molecule has 31 heavy (non-hydrogen) atoms. The van der Waals surface area contributed by atoms with Crippen LogP contribution in [0.5, 0.6) is 0 Å². The smallest absolute Gasteiger partial charge is 0.253 e. The first-order valence-corrected chi connectivity index (χ1v) is 11.4. The predicted molar refractivity (Wildman–Crippen MR) is 120 cm³/mol. The van der Waals surface area contributed by atoms with Crippen LogP contribution in [0.1, 0.15) is 60.3 Å². The van der Waals surface area contributed by atoms with Crippen molar-refractivity contribution in [3.05, 3.63) is 51.1 Å². The summed E-state index contributed by atoms with van der Waals surface area (Å²) < 4.78 is 2.00. The van der Waals surface area contributed by atoms with Crippen molar-refractivity contribution >= 4 is 10.9 Å². The fraction of sp³-hybridized carbons (Fsp3) is 0.565. The molecule has 1 aliphatic heterocycles. The maximum atomic E-state index is 13.4. The number of hydrogen-bond donors (Lipinski definition) is 1. The molecule has 0 bridgehead atoms. The Labute approximate surface area is 182 Å². The van der Waals surface area contributed by atoms with E-state index in [1.54, 1.807) is 0 Å². The van der Waals surface area contributed by atoms with Gasteiger partial charge in [-0.15, -0.1) is 5.10 Å². The largest absolute Gasteiger partial charge is 0.322 e. The third-order valence-corrected chi connectivity index (χ3v) is 6.97. The number of aromatic nitrogens is 5. The maximum absolute atomic E-state index is 13.4. The Morgan fingerprint density at radius 1 is 1.06 bits per heavy atom. The van der Waals surface area contributed by atoms with Crippen LogP contribution in [0.25, 0.3) is 10.9 Å². The van der Waals surface area contributed by atoms with E-state index in [-0.39, 0.29) is 11.6 Å². The number of H-pyrrole nitrogens is 1. The SMILES string of the molecule is Cc1cc(C)c2cc([C@H](c3nnnn3C3CCCC3)N3CCN(C)CC3)c(=O)[nH]c2c1. The molecule has 5 rings (SSSR count). The van der Waals surface area contributed by atoms with Crippen molar-refractivity contribution in [1.82, 2.24) is 35.0 Å². The van der Waals surface area contributed by atoms with Crippen LogP contribution in [0.4, 0.5) is 0 Å². The van der Waals surface area contributed by atoms with Crippen LogP contribution in [0, 0.1) is 13.8 Å². The zero-order valence-corrected chi connectivity index (χ0v) is 18.6. The molecular weight excluding hydrogens is 390 g/mol. The first-order valence-electron chi connectivity index (χ1n) is 11.4. The Bertz CT molecular complexity index is 1140. The molecule has 8 nitrogen and oxygen atoms in total. The molecule has 1 aromatic carbocycles. The molecule has 1 aliphatic carbocycles. The molecule has 164 valence electrons. The molecule has 1 saturated heterocycles. The van der Waals surface area contributed by atoms with Gasteiger partial charge in [0.2, 0.25) is 0 Å². The van der Waals surface area contributed by atoms with Gasteiger partial charge < -0.3 is 9.88 Å². The fourth-order valence-corrected chi connectivity index (χ4v) is 5.26. The van der Waals surface area contributed by atoms with Gasteiger partial charge >= 0.3 is 0 Å². The fourth-order valence-electron chi connectivity index (χ4n) is 5.26. The number of tetrazole rings is 1. The number of nitrogens with zero attached hydrogens (tertiary/aromatic N) is 6. The zero-order chi connectivity index (χ0) is 21.5. The minimum atomic E-state index is -0.252. The number of nitrogens with one attached hydrogen (secondary N) is 1. The highest BCUT2D eigenvalue weighted by atomic mass is 16.1. The van der Waals surface area contributed by atoms with Crippen LogP contribution in [0.3, 0.4) is 0 Å². The highest BCUT2D eigenvalue weighted by Gasteiger charge is 2.34. The van der Waals surface area contributed by atoms with Crippen LogP contribution in [0.15, 0.2) is 23.0 Å². The second kappa shape index (κ2) is 8.16. The standard InChI is InChI=1S/C23H31N7O/c1-15-12-16(2)18-14-19(23(31)24-20(18)13-15)21(29-10-8-28(3)9-11-29)22-25-26-27-30(22)17-6-4-5-7-17/h12-14,17,21H,4-11H2,1-3H3,(H,24,31)/t21-/m1/s1. The average molecular weight is 422 g/mol. The van der Waals surface area contributed by atoms with Crippen molar-refractivity contribution in [3.63, 3.8) is 0 Å². The Morgan fingerprint density at radius 2 is 1.81 bits per heavy atom. The van der Waals surface area contributed by atoms with E-state index in [0.29, 0.717) is 6.04 Å². The number of aryl methyl sites for hydroxylation is 2. The maximum Gasteiger partial charge on any atom is 0.253 e. The van der Waals surface area contributed by atoms with E-state index in [1.807, 2.05) is 10.7 Å². The molecule has 0 radical (unpaired) electrons. The Morgan fingerprint density at radius 3 is 2.55 bits per heavy atom. The topological polar surface area (TPSA) is 82.9 Å². The summed E-state index contributed by atoms with van der Waals surface area (Å²) in [5, 5.41) is 14.0. The van der Waals surface area contributed by atoms with Gasteiger partial charge in [0.15, 0.2) is 5.82 Å². The average Bonchev–Trinajstić information content (AvgIpc) is 3.42. The summed E-state index contributed by atoms with van der Waals surface area (Å²) in [6, 6.07) is 6.35. The lowest BCUT2D eigenvalue weighted by atomic mass is 9.99. The first-order chi connectivity index (χ1) is 15.0. The van der Waals surface area contributed by atoms with E-state index >= 15 is 0 Å². The lowest BCUT2D eigenvalue weighted by molar-refractivity contribution is 0.120. The van der Waals surface area contributed by atoms with Crippen molar-refractivity contribution < 1.29 is 0 Å². The van der Waals surface area contributed by atoms with Crippen LogP contribution >= 0.6 is 0 Å². The van der Waals surface area contributed by atoms with Crippen molar-refractivity contribution in [2.45, 2.75) is 51.6 Å². The number of benzene rings is 1. The molecular formula is C23H31N7O. The van der Waals surface area contributed by atoms with Crippen molar-refractivity contribution in [2.24, 2.45) is 0 Å². The lowest BCUT2D eigenvalue weighted by Gasteiger charge is -2.37. The molecule has 1 N–H and O–H groups in total. The van der Waals surface area contributed by atoms with Gasteiger partial charge in [0.05, 0.1) is 6.04 Å². The Kier molecular flexibility index (Phi) is 5.35. The van der Waals surface area contributed by atoms with Crippen LogP contribution < -0.4 is 5.56 Å². The molecule has 2 fully saturated rings. The second-order valence-electron chi connectivity index (χ2n) is 9.26. The first kappa shape index (κ1) is 20.3. The van der Waals surface area contributed by atoms with E-state index in [2.05, 4.69) is 63.3 Å². The summed E-state index contributed by atoms with van der Waals surface area (Å²) >= 11 is 0. The number of piperazine rings is 1. The molecule has 1 atom stereocenters. The highest BCUT2D eigenvalue weighted by molar-refractivity contribution is 5.83. The second-order valence-corrected chi connectivity index (χ2v) is 9.26. The predicted octanol–water partition coefficient (Wildman–Crippen LogP) is 2.58. The van der Waals surface area contributed by atoms with Gasteiger partial charge in [-0.1, -0.05) is 18.9 Å². The van der Waals surface area contributed by atoms with E-state index in [9.17, 15) is 4.79 Å². The van der Waals surface area contributed by atoms with Gasteiger partial charge in [-0.2, -0.15) is 0 Å². The van der Waals surface area contributed by atoms with Gasteiger partial charge in [0.1, 0.15) is 6.04 Å². The van der Waals surface area contributed by atoms with Gasteiger partial charge in [-0.25, -0.2) is 4.68 Å². The molecule has 2 aliphatic rings. The summed E-state index contributed by atoms with van der Waals surface area (Å²) in [6.07, 6.45) is 4.61. The molecule has 0 spiro atoms. The van der Waals surface area contributed by atoms with E-state index < -0.39 is 0 Å². The molecule has 8 heteroatoms. The Hall–Kier alpha value is -2.58. The summed E-state index contributed by atoms with van der Waals surface area (Å²) in [5.41, 5.74) is 3.88. The van der Waals surface area contributed by atoms with E-state index in [1.165, 1.54) is 18.4 Å². The van der Waals surface area contributed by atoms with E-state index in [4.69, 9.17) is 0 Å². The molecule has 0 amide bonds. The van der Waals surface area contributed by atoms with Crippen LogP contribution in [-0.4, -0.2) is 68.2 Å². The minimum Gasteiger partial charge on any atom is -0.322 e. The number of hydrogen-bond acceptors (Lipinski definition) is 6. The molecule has 1 saturated carbocycles. The normalized spacial score (nSPS) is 20.0. The third-order valence-electron chi connectivity index (χ3n) is 6.97. The third kappa shape index (κ3) is 3.78. The summed E-state index contributed by atoms with van der Waals surface area (Å²) in [7, 11) is 2.14. The van der Waals surface area contributed by atoms with Crippen LogP contribution in [0.2, 0.25) is 0 Å². The van der Waals surface area contributed by atoms with Gasteiger partial charge in [0, 0.05) is 42.6 Å². The quantitative estimate of drug-likeness (QED) is 0.697. The van der Waals surface area contributed by atoms with E-state index in [0.717, 1.165) is 66.9 Å². The lowest BCUT2D eigenvalue weighted by Crippen LogP contribution is -2.47. The minimum absolute atomic E-state index is 0.0533.